The van der Waals surface area contributed by atoms with Crippen molar-refractivity contribution in [2.24, 2.45) is 0 Å². The van der Waals surface area contributed by atoms with Crippen molar-refractivity contribution in [1.82, 2.24) is 4.98 Å². The van der Waals surface area contributed by atoms with Gasteiger partial charge in [-0.05, 0) is 18.2 Å². The number of carbonyl (C=O) groups is 1. The second kappa shape index (κ2) is 3.20. The van der Waals surface area contributed by atoms with Crippen LogP contribution in [-0.2, 0) is 0 Å². The number of nitrogens with zero attached hydrogens (tertiary/aromatic N) is 1. The molecule has 4 nitrogen and oxygen atoms in total. The van der Waals surface area contributed by atoms with E-state index in [1.165, 1.54) is 6.07 Å². The van der Waals surface area contributed by atoms with E-state index in [0.717, 1.165) is 18.2 Å². The van der Waals surface area contributed by atoms with Crippen LogP contribution in [0.3, 0.4) is 0 Å². The standard InChI is InChI=1S/C10H6FNO3/c11-5-1-2-8-6(3-5)7(10(14)15)4-9(13)12-8/h1-4H,(H,12,13)(H,14,15). The zero-order valence-electron chi connectivity index (χ0n) is 7.44. The van der Waals surface area contributed by atoms with Gasteiger partial charge in [-0.2, -0.15) is 0 Å². The zero-order chi connectivity index (χ0) is 11.0. The predicted octanol–water partition coefficient (Wildman–Crippen LogP) is 1.78. The van der Waals surface area contributed by atoms with E-state index in [2.05, 4.69) is 4.98 Å². The Kier molecular flexibility index (Phi) is 2.00. The summed E-state index contributed by atoms with van der Waals surface area (Å²) in [6, 6.07) is 4.53. The smallest absolute Gasteiger partial charge is 0.336 e. The highest BCUT2D eigenvalue weighted by atomic mass is 19.1. The van der Waals surface area contributed by atoms with Crippen molar-refractivity contribution in [3.63, 3.8) is 0 Å². The average molecular weight is 207 g/mol. The van der Waals surface area contributed by atoms with E-state index >= 15 is 0 Å². The number of hydrogen-bond acceptors (Lipinski definition) is 3. The van der Waals surface area contributed by atoms with E-state index in [9.17, 15) is 9.18 Å². The second-order valence-electron chi connectivity index (χ2n) is 2.99. The van der Waals surface area contributed by atoms with Gasteiger partial charge in [0.05, 0.1) is 11.1 Å². The minimum Gasteiger partial charge on any atom is -0.493 e. The molecule has 0 aliphatic rings. The third kappa shape index (κ3) is 1.59. The van der Waals surface area contributed by atoms with Gasteiger partial charge >= 0.3 is 5.97 Å². The van der Waals surface area contributed by atoms with Crippen molar-refractivity contribution in [1.29, 1.82) is 0 Å². The molecule has 5 heteroatoms. The van der Waals surface area contributed by atoms with Gasteiger partial charge in [0.25, 0.3) is 0 Å². The summed E-state index contributed by atoms with van der Waals surface area (Å²) in [4.78, 5) is 14.5. The molecule has 1 aromatic heterocycles. The molecule has 15 heavy (non-hydrogen) atoms. The average Bonchev–Trinajstić information content (AvgIpc) is 2.17. The minimum absolute atomic E-state index is 0.167. The lowest BCUT2D eigenvalue weighted by Gasteiger charge is -2.02. The number of carboxylic acids is 1. The molecular weight excluding hydrogens is 201 g/mol. The fourth-order valence-corrected chi connectivity index (χ4v) is 1.36. The lowest BCUT2D eigenvalue weighted by atomic mass is 10.1. The molecule has 0 saturated heterocycles. The topological polar surface area (TPSA) is 70.4 Å². The van der Waals surface area contributed by atoms with Gasteiger partial charge in [-0.1, -0.05) is 0 Å². The third-order valence-corrected chi connectivity index (χ3v) is 1.99. The van der Waals surface area contributed by atoms with E-state index in [1.54, 1.807) is 0 Å². The van der Waals surface area contributed by atoms with Crippen LogP contribution >= 0.6 is 0 Å². The summed E-state index contributed by atoms with van der Waals surface area (Å²) in [5.74, 6) is -2.17. The highest BCUT2D eigenvalue weighted by Crippen LogP contribution is 2.22. The first-order valence-electron chi connectivity index (χ1n) is 4.10. The lowest BCUT2D eigenvalue weighted by molar-refractivity contribution is 0.0698. The van der Waals surface area contributed by atoms with Crippen molar-refractivity contribution >= 4 is 16.9 Å². The van der Waals surface area contributed by atoms with Crippen molar-refractivity contribution in [3.8, 4) is 5.88 Å². The maximum Gasteiger partial charge on any atom is 0.336 e. The van der Waals surface area contributed by atoms with Crippen LogP contribution in [-0.4, -0.2) is 21.2 Å². The fraction of sp³-hybridized carbons (Fsp3) is 0. The molecule has 0 radical (unpaired) electrons. The first-order chi connectivity index (χ1) is 7.08. The molecule has 0 aliphatic carbocycles. The number of aromatic hydroxyl groups is 1. The van der Waals surface area contributed by atoms with Gasteiger partial charge in [-0.3, -0.25) is 0 Å². The van der Waals surface area contributed by atoms with Gasteiger partial charge in [0.1, 0.15) is 5.82 Å². The highest BCUT2D eigenvalue weighted by Gasteiger charge is 2.11. The maximum absolute atomic E-state index is 12.9. The summed E-state index contributed by atoms with van der Waals surface area (Å²) in [5, 5.41) is 18.2. The van der Waals surface area contributed by atoms with Gasteiger partial charge in [0, 0.05) is 11.5 Å². The van der Waals surface area contributed by atoms with Crippen LogP contribution in [0.4, 0.5) is 4.39 Å². The van der Waals surface area contributed by atoms with Crippen molar-refractivity contribution < 1.29 is 19.4 Å². The Balaban J connectivity index is 2.87. The van der Waals surface area contributed by atoms with Gasteiger partial charge in [0.2, 0.25) is 5.88 Å². The number of benzene rings is 1. The van der Waals surface area contributed by atoms with Crippen LogP contribution in [0.1, 0.15) is 10.4 Å². The molecule has 0 spiro atoms. The quantitative estimate of drug-likeness (QED) is 0.747. The van der Waals surface area contributed by atoms with Crippen LogP contribution in [0.15, 0.2) is 24.3 Å². The molecule has 0 bridgehead atoms. The number of aromatic nitrogens is 1. The number of rotatable bonds is 1. The molecule has 2 rings (SSSR count). The first-order valence-corrected chi connectivity index (χ1v) is 4.10. The first kappa shape index (κ1) is 9.39. The number of carboxylic acid groups (broad SMARTS) is 1. The zero-order valence-corrected chi connectivity index (χ0v) is 7.44. The Hall–Kier alpha value is -2.17. The lowest BCUT2D eigenvalue weighted by Crippen LogP contribution is -1.99. The van der Waals surface area contributed by atoms with Gasteiger partial charge in [-0.15, -0.1) is 0 Å². The number of aromatic carboxylic acids is 1. The normalized spacial score (nSPS) is 10.5. The van der Waals surface area contributed by atoms with Crippen LogP contribution in [0, 0.1) is 5.82 Å². The summed E-state index contributed by atoms with van der Waals surface area (Å²) in [6.07, 6.45) is 0. The Morgan fingerprint density at radius 3 is 2.73 bits per heavy atom. The number of hydrogen-bond donors (Lipinski definition) is 2. The Labute approximate surface area is 83.6 Å². The van der Waals surface area contributed by atoms with Crippen molar-refractivity contribution in [3.05, 3.63) is 35.6 Å². The van der Waals surface area contributed by atoms with E-state index in [4.69, 9.17) is 10.2 Å². The van der Waals surface area contributed by atoms with Crippen molar-refractivity contribution in [2.45, 2.75) is 0 Å². The molecule has 1 heterocycles. The van der Waals surface area contributed by atoms with Crippen LogP contribution in [0.25, 0.3) is 10.9 Å². The maximum atomic E-state index is 12.9. The third-order valence-electron chi connectivity index (χ3n) is 1.99. The van der Waals surface area contributed by atoms with Gasteiger partial charge in [0.15, 0.2) is 0 Å². The summed E-state index contributed by atoms with van der Waals surface area (Å²) in [5.41, 5.74) is 0.0748. The molecular formula is C10H6FNO3. The minimum atomic E-state index is -1.23. The summed E-state index contributed by atoms with van der Waals surface area (Å²) in [7, 11) is 0. The molecule has 0 aliphatic heterocycles. The predicted molar refractivity (Wildman–Crippen MR) is 50.3 cm³/mol. The number of pyridine rings is 1. The molecule has 0 unspecified atom stereocenters. The molecule has 2 N–H and O–H groups in total. The molecule has 1 aromatic carbocycles. The Morgan fingerprint density at radius 1 is 1.33 bits per heavy atom. The molecule has 0 saturated carbocycles. The number of halogens is 1. The van der Waals surface area contributed by atoms with E-state index in [1.807, 2.05) is 0 Å². The fourth-order valence-electron chi connectivity index (χ4n) is 1.36. The molecule has 0 amide bonds. The molecule has 2 aromatic rings. The van der Waals surface area contributed by atoms with Crippen LogP contribution in [0.2, 0.25) is 0 Å². The largest absolute Gasteiger partial charge is 0.493 e. The monoisotopic (exact) mass is 207 g/mol. The van der Waals surface area contributed by atoms with Crippen molar-refractivity contribution in [2.75, 3.05) is 0 Å². The van der Waals surface area contributed by atoms with Gasteiger partial charge in [-0.25, -0.2) is 14.2 Å². The SMILES string of the molecule is O=C(O)c1cc(O)nc2ccc(F)cc12. The summed E-state index contributed by atoms with van der Waals surface area (Å²) < 4.78 is 12.9. The van der Waals surface area contributed by atoms with Gasteiger partial charge < -0.3 is 10.2 Å². The molecule has 0 atom stereocenters. The van der Waals surface area contributed by atoms with Crippen LogP contribution in [0.5, 0.6) is 5.88 Å². The number of fused-ring (bicyclic) bond motifs is 1. The second-order valence-corrected chi connectivity index (χ2v) is 2.99. The summed E-state index contributed by atoms with van der Waals surface area (Å²) >= 11 is 0. The summed E-state index contributed by atoms with van der Waals surface area (Å²) in [6.45, 7) is 0. The highest BCUT2D eigenvalue weighted by molar-refractivity contribution is 6.02. The molecule has 76 valence electrons. The Bertz CT molecular complexity index is 554. The van der Waals surface area contributed by atoms with E-state index in [-0.39, 0.29) is 16.5 Å². The van der Waals surface area contributed by atoms with Crippen LogP contribution < -0.4 is 0 Å². The van der Waals surface area contributed by atoms with E-state index in [0.29, 0.717) is 0 Å². The molecule has 0 fully saturated rings. The van der Waals surface area contributed by atoms with E-state index < -0.39 is 17.7 Å². The Morgan fingerprint density at radius 2 is 2.07 bits per heavy atom.